The van der Waals surface area contributed by atoms with Crippen LogP contribution in [-0.2, 0) is 10.9 Å². The van der Waals surface area contributed by atoms with E-state index in [1.54, 1.807) is 0 Å². The van der Waals surface area contributed by atoms with Crippen molar-refractivity contribution in [1.82, 2.24) is 0 Å². The lowest BCUT2D eigenvalue weighted by Gasteiger charge is -2.09. The number of fused-ring (bicyclic) bond motifs is 1. The summed E-state index contributed by atoms with van der Waals surface area (Å²) in [7, 11) is 1.17. The Morgan fingerprint density at radius 1 is 1.39 bits per heavy atom. The summed E-state index contributed by atoms with van der Waals surface area (Å²) >= 11 is 6.30. The molecule has 0 aliphatic rings. The van der Waals surface area contributed by atoms with E-state index < -0.39 is 17.7 Å². The molecule has 1 aromatic heterocycles. The van der Waals surface area contributed by atoms with Crippen molar-refractivity contribution < 1.29 is 22.7 Å². The topological polar surface area (TPSA) is 26.3 Å². The smallest absolute Gasteiger partial charge is 0.419 e. The highest BCUT2D eigenvalue weighted by Crippen LogP contribution is 2.42. The number of carbonyl (C=O) groups is 1. The lowest BCUT2D eigenvalue weighted by molar-refractivity contribution is -0.136. The van der Waals surface area contributed by atoms with Crippen LogP contribution < -0.4 is 0 Å². The van der Waals surface area contributed by atoms with Gasteiger partial charge in [-0.3, -0.25) is 0 Å². The zero-order valence-electron chi connectivity index (χ0n) is 8.97. The van der Waals surface area contributed by atoms with Crippen LogP contribution >= 0.6 is 22.9 Å². The van der Waals surface area contributed by atoms with E-state index >= 15 is 0 Å². The zero-order valence-corrected chi connectivity index (χ0v) is 10.5. The fourth-order valence-corrected chi connectivity index (χ4v) is 3.01. The summed E-state index contributed by atoms with van der Waals surface area (Å²) in [5.41, 5.74) is -0.915. The van der Waals surface area contributed by atoms with Crippen LogP contribution in [0.2, 0.25) is 5.02 Å². The van der Waals surface area contributed by atoms with Gasteiger partial charge < -0.3 is 4.74 Å². The first-order valence-corrected chi connectivity index (χ1v) is 5.91. The van der Waals surface area contributed by atoms with Crippen molar-refractivity contribution in [2.45, 2.75) is 6.18 Å². The normalized spacial score (nSPS) is 11.8. The Bertz CT molecular complexity index is 619. The molecule has 0 unspecified atom stereocenters. The van der Waals surface area contributed by atoms with E-state index in [9.17, 15) is 18.0 Å². The highest BCUT2D eigenvalue weighted by molar-refractivity contribution is 7.21. The summed E-state index contributed by atoms with van der Waals surface area (Å²) in [4.78, 5) is 11.4. The van der Waals surface area contributed by atoms with Gasteiger partial charge in [-0.2, -0.15) is 13.2 Å². The molecule has 0 amide bonds. The van der Waals surface area contributed by atoms with Crippen LogP contribution in [0.15, 0.2) is 18.2 Å². The number of esters is 1. The minimum atomic E-state index is -4.56. The van der Waals surface area contributed by atoms with Gasteiger partial charge in [0.15, 0.2) is 0 Å². The molecule has 2 rings (SSSR count). The number of hydrogen-bond donors (Lipinski definition) is 0. The molecule has 0 aliphatic carbocycles. The highest BCUT2D eigenvalue weighted by Gasteiger charge is 2.36. The summed E-state index contributed by atoms with van der Waals surface area (Å²) in [6.45, 7) is 0. The number of benzene rings is 1. The average molecular weight is 295 g/mol. The molecule has 0 saturated heterocycles. The summed E-state index contributed by atoms with van der Waals surface area (Å²) in [5.74, 6) is -0.666. The van der Waals surface area contributed by atoms with E-state index in [1.807, 2.05) is 0 Å². The Kier molecular flexibility index (Phi) is 3.25. The molecule has 0 N–H and O–H groups in total. The maximum Gasteiger partial charge on any atom is 0.419 e. The molecule has 0 bridgehead atoms. The molecule has 7 heteroatoms. The largest absolute Gasteiger partial charge is 0.465 e. The molecule has 18 heavy (non-hydrogen) atoms. The molecule has 0 radical (unpaired) electrons. The number of methoxy groups -OCH3 is 1. The predicted octanol–water partition coefficient (Wildman–Crippen LogP) is 4.36. The Hall–Kier alpha value is -1.27. The van der Waals surface area contributed by atoms with Gasteiger partial charge in [0.2, 0.25) is 0 Å². The number of alkyl halides is 3. The Morgan fingerprint density at radius 2 is 2.06 bits per heavy atom. The monoisotopic (exact) mass is 294 g/mol. The Balaban J connectivity index is 2.73. The van der Waals surface area contributed by atoms with E-state index in [4.69, 9.17) is 11.6 Å². The standard InChI is InChI=1S/C11H6ClF3O2S/c1-17-10(16)7-4-5-2-3-6(12)8(9(5)18-7)11(13,14)15/h2-4H,1H3. The fraction of sp³-hybridized carbons (Fsp3) is 0.182. The van der Waals surface area contributed by atoms with Gasteiger partial charge in [-0.05, 0) is 17.5 Å². The first-order valence-electron chi connectivity index (χ1n) is 4.72. The number of halogens is 4. The first kappa shape index (κ1) is 13.2. The van der Waals surface area contributed by atoms with Gasteiger partial charge in [-0.25, -0.2) is 4.79 Å². The summed E-state index contributed by atoms with van der Waals surface area (Å²) in [5, 5.41) is -0.0645. The van der Waals surface area contributed by atoms with Crippen molar-refractivity contribution in [3.63, 3.8) is 0 Å². The second-order valence-corrected chi connectivity index (χ2v) is 4.90. The molecule has 0 atom stereocenters. The van der Waals surface area contributed by atoms with E-state index in [0.29, 0.717) is 5.39 Å². The number of hydrogen-bond acceptors (Lipinski definition) is 3. The van der Waals surface area contributed by atoms with Gasteiger partial charge in [-0.1, -0.05) is 17.7 Å². The third kappa shape index (κ3) is 2.18. The molecule has 0 aliphatic heterocycles. The molecule has 1 aromatic carbocycles. The van der Waals surface area contributed by atoms with Gasteiger partial charge in [0.05, 0.1) is 17.7 Å². The molecule has 0 saturated carbocycles. The zero-order chi connectivity index (χ0) is 13.5. The van der Waals surface area contributed by atoms with Gasteiger partial charge in [0.1, 0.15) is 4.88 Å². The maximum atomic E-state index is 12.9. The van der Waals surface area contributed by atoms with Crippen molar-refractivity contribution in [3.8, 4) is 0 Å². The van der Waals surface area contributed by atoms with Crippen LogP contribution in [0.3, 0.4) is 0 Å². The van der Waals surface area contributed by atoms with Gasteiger partial charge in [0, 0.05) is 4.70 Å². The quantitative estimate of drug-likeness (QED) is 0.731. The van der Waals surface area contributed by atoms with Crippen LogP contribution in [0.4, 0.5) is 13.2 Å². The molecule has 96 valence electrons. The number of thiophene rings is 1. The Morgan fingerprint density at radius 3 is 2.61 bits per heavy atom. The Labute approximate surface area is 109 Å². The van der Waals surface area contributed by atoms with Crippen molar-refractivity contribution in [3.05, 3.63) is 33.7 Å². The highest BCUT2D eigenvalue weighted by atomic mass is 35.5. The number of ether oxygens (including phenoxy) is 1. The molecule has 0 fully saturated rings. The van der Waals surface area contributed by atoms with Crippen molar-refractivity contribution in [2.24, 2.45) is 0 Å². The van der Waals surface area contributed by atoms with Gasteiger partial charge >= 0.3 is 12.1 Å². The number of rotatable bonds is 1. The van der Waals surface area contributed by atoms with Gasteiger partial charge in [-0.15, -0.1) is 11.3 Å². The third-order valence-electron chi connectivity index (χ3n) is 2.31. The molecule has 0 spiro atoms. The lowest BCUT2D eigenvalue weighted by Crippen LogP contribution is -2.05. The fourth-order valence-electron chi connectivity index (χ4n) is 1.54. The van der Waals surface area contributed by atoms with Crippen LogP contribution in [0, 0.1) is 0 Å². The van der Waals surface area contributed by atoms with Crippen LogP contribution in [0.25, 0.3) is 10.1 Å². The summed E-state index contributed by atoms with van der Waals surface area (Å²) in [6.07, 6.45) is -4.56. The van der Waals surface area contributed by atoms with E-state index in [1.165, 1.54) is 25.3 Å². The van der Waals surface area contributed by atoms with Crippen molar-refractivity contribution >= 4 is 39.0 Å². The predicted molar refractivity (Wildman–Crippen MR) is 63.2 cm³/mol. The number of carbonyl (C=O) groups excluding carboxylic acids is 1. The maximum absolute atomic E-state index is 12.9. The van der Waals surface area contributed by atoms with Gasteiger partial charge in [0.25, 0.3) is 0 Å². The summed E-state index contributed by atoms with van der Waals surface area (Å²) in [6, 6.07) is 3.97. The molecular weight excluding hydrogens is 289 g/mol. The molecule has 1 heterocycles. The average Bonchev–Trinajstić information content (AvgIpc) is 2.69. The minimum absolute atomic E-state index is 0.0598. The SMILES string of the molecule is COC(=O)c1cc2ccc(Cl)c(C(F)(F)F)c2s1. The van der Waals surface area contributed by atoms with E-state index in [0.717, 1.165) is 11.3 Å². The third-order valence-corrected chi connectivity index (χ3v) is 3.77. The van der Waals surface area contributed by atoms with Crippen LogP contribution in [-0.4, -0.2) is 13.1 Å². The van der Waals surface area contributed by atoms with E-state index in [-0.39, 0.29) is 14.6 Å². The molecule has 2 aromatic rings. The molecule has 2 nitrogen and oxygen atoms in total. The minimum Gasteiger partial charge on any atom is -0.465 e. The first-order chi connectivity index (χ1) is 8.34. The van der Waals surface area contributed by atoms with Crippen LogP contribution in [0.5, 0.6) is 0 Å². The van der Waals surface area contributed by atoms with Crippen LogP contribution in [0.1, 0.15) is 15.2 Å². The molecular formula is C11H6ClF3O2S. The lowest BCUT2D eigenvalue weighted by atomic mass is 10.1. The summed E-state index contributed by atoms with van der Waals surface area (Å²) < 4.78 is 43.0. The van der Waals surface area contributed by atoms with Crippen molar-refractivity contribution in [2.75, 3.05) is 7.11 Å². The van der Waals surface area contributed by atoms with E-state index in [2.05, 4.69) is 4.74 Å². The second-order valence-electron chi connectivity index (χ2n) is 3.44. The second kappa shape index (κ2) is 4.44. The van der Waals surface area contributed by atoms with Crippen molar-refractivity contribution in [1.29, 1.82) is 0 Å².